The molecule has 0 fully saturated rings. The zero-order valence-corrected chi connectivity index (χ0v) is 16.6. The van der Waals surface area contributed by atoms with Gasteiger partial charge in [-0.05, 0) is 58.6 Å². The first-order valence-corrected chi connectivity index (χ1v) is 9.94. The van der Waals surface area contributed by atoms with Gasteiger partial charge in [0.05, 0.1) is 22.4 Å². The van der Waals surface area contributed by atoms with E-state index in [0.717, 1.165) is 41.5 Å². The number of nitrogens with zero attached hydrogens (tertiary/aromatic N) is 1. The van der Waals surface area contributed by atoms with Crippen LogP contribution in [0.1, 0.15) is 24.5 Å². The average molecular weight is 418 g/mol. The molecule has 1 aromatic carbocycles. The lowest BCUT2D eigenvalue weighted by Gasteiger charge is -2.39. The fourth-order valence-corrected chi connectivity index (χ4v) is 4.85. The van der Waals surface area contributed by atoms with Crippen LogP contribution < -0.4 is 5.32 Å². The van der Waals surface area contributed by atoms with Gasteiger partial charge in [-0.15, -0.1) is 0 Å². The number of carbonyl (C=O) groups excluding carboxylic acids is 1. The number of likely N-dealkylation sites (N-methyl/N-ethyl adjacent to an activating group) is 1. The molecule has 0 bridgehead atoms. The molecule has 0 radical (unpaired) electrons. The number of rotatable bonds is 5. The van der Waals surface area contributed by atoms with Crippen LogP contribution in [0.2, 0.25) is 0 Å². The van der Waals surface area contributed by atoms with Crippen molar-refractivity contribution in [3.05, 3.63) is 33.9 Å². The van der Waals surface area contributed by atoms with E-state index in [1.807, 2.05) is 0 Å². The number of halogens is 1. The quantitative estimate of drug-likeness (QED) is 0.653. The summed E-state index contributed by atoms with van der Waals surface area (Å²) in [4.78, 5) is 17.2. The third-order valence-electron chi connectivity index (χ3n) is 5.75. The fourth-order valence-electron chi connectivity index (χ4n) is 4.29. The number of fused-ring (bicyclic) bond motifs is 2. The SMILES string of the molecule is CC[C@@H](CO)Nc1ccc2c3c(c(Br)[nH]c13)C[C@@H]1C2=C[C@@H](C=O)CN1C. The molecule has 0 saturated heterocycles. The predicted molar refractivity (Wildman–Crippen MR) is 108 cm³/mol. The number of benzene rings is 1. The number of carbonyl (C=O) groups is 1. The van der Waals surface area contributed by atoms with Crippen LogP contribution in [0.5, 0.6) is 0 Å². The van der Waals surface area contributed by atoms with Crippen molar-refractivity contribution in [3.63, 3.8) is 0 Å². The molecule has 1 aliphatic carbocycles. The Bertz CT molecular complexity index is 885. The van der Waals surface area contributed by atoms with E-state index in [0.29, 0.717) is 6.04 Å². The van der Waals surface area contributed by atoms with E-state index in [2.05, 4.69) is 63.3 Å². The lowest BCUT2D eigenvalue weighted by atomic mass is 9.80. The van der Waals surface area contributed by atoms with Crippen molar-refractivity contribution in [1.82, 2.24) is 9.88 Å². The van der Waals surface area contributed by atoms with E-state index < -0.39 is 0 Å². The second-order valence-corrected chi connectivity index (χ2v) is 8.13. The number of aliphatic hydroxyl groups excluding tert-OH is 1. The van der Waals surface area contributed by atoms with Gasteiger partial charge in [0.1, 0.15) is 6.29 Å². The lowest BCUT2D eigenvalue weighted by molar-refractivity contribution is -0.110. The van der Waals surface area contributed by atoms with Gasteiger partial charge in [0.25, 0.3) is 0 Å². The summed E-state index contributed by atoms with van der Waals surface area (Å²) in [6.45, 7) is 2.94. The summed E-state index contributed by atoms with van der Waals surface area (Å²) in [6.07, 6.45) is 4.96. The third-order valence-corrected chi connectivity index (χ3v) is 6.42. The van der Waals surface area contributed by atoms with E-state index in [1.165, 1.54) is 22.1 Å². The largest absolute Gasteiger partial charge is 0.394 e. The fraction of sp³-hybridized carbons (Fsp3) is 0.450. The Kier molecular flexibility index (Phi) is 4.67. The number of H-pyrrole nitrogens is 1. The summed E-state index contributed by atoms with van der Waals surface area (Å²) in [6, 6.07) is 4.56. The van der Waals surface area contributed by atoms with Crippen LogP contribution in [0.3, 0.4) is 0 Å². The van der Waals surface area contributed by atoms with Crippen LogP contribution in [-0.2, 0) is 11.2 Å². The molecule has 0 unspecified atom stereocenters. The molecule has 3 N–H and O–H groups in total. The molecule has 1 aliphatic heterocycles. The molecule has 5 nitrogen and oxygen atoms in total. The predicted octanol–water partition coefficient (Wildman–Crippen LogP) is 3.18. The van der Waals surface area contributed by atoms with Gasteiger partial charge in [0, 0.05) is 29.9 Å². The molecule has 2 aromatic rings. The molecule has 4 rings (SSSR count). The van der Waals surface area contributed by atoms with Gasteiger partial charge in [-0.1, -0.05) is 19.1 Å². The Hall–Kier alpha value is -1.63. The molecular weight excluding hydrogens is 394 g/mol. The van der Waals surface area contributed by atoms with Crippen molar-refractivity contribution in [2.45, 2.75) is 31.8 Å². The third kappa shape index (κ3) is 2.71. The number of hydrogen-bond donors (Lipinski definition) is 3. The van der Waals surface area contributed by atoms with Crippen molar-refractivity contribution in [3.8, 4) is 0 Å². The highest BCUT2D eigenvalue weighted by atomic mass is 79.9. The summed E-state index contributed by atoms with van der Waals surface area (Å²) in [7, 11) is 2.10. The monoisotopic (exact) mass is 417 g/mol. The number of aldehydes is 1. The van der Waals surface area contributed by atoms with Gasteiger partial charge in [-0.2, -0.15) is 0 Å². The van der Waals surface area contributed by atoms with Crippen molar-refractivity contribution in [1.29, 1.82) is 0 Å². The van der Waals surface area contributed by atoms with Crippen LogP contribution in [0.4, 0.5) is 5.69 Å². The van der Waals surface area contributed by atoms with Crippen molar-refractivity contribution < 1.29 is 9.90 Å². The molecule has 0 spiro atoms. The van der Waals surface area contributed by atoms with Gasteiger partial charge >= 0.3 is 0 Å². The number of aromatic nitrogens is 1. The molecule has 3 atom stereocenters. The van der Waals surface area contributed by atoms with Gasteiger partial charge in [-0.3, -0.25) is 4.90 Å². The topological polar surface area (TPSA) is 68.4 Å². The Balaban J connectivity index is 1.88. The summed E-state index contributed by atoms with van der Waals surface area (Å²) in [5.41, 5.74) is 5.81. The lowest BCUT2D eigenvalue weighted by Crippen LogP contribution is -2.42. The van der Waals surface area contributed by atoms with Crippen LogP contribution in [-0.4, -0.2) is 53.6 Å². The van der Waals surface area contributed by atoms with E-state index in [-0.39, 0.29) is 18.6 Å². The second kappa shape index (κ2) is 6.83. The zero-order chi connectivity index (χ0) is 18.4. The molecule has 0 saturated carbocycles. The Labute approximate surface area is 161 Å². The molecule has 26 heavy (non-hydrogen) atoms. The molecule has 2 aliphatic rings. The van der Waals surface area contributed by atoms with Crippen molar-refractivity contribution in [2.75, 3.05) is 25.5 Å². The van der Waals surface area contributed by atoms with E-state index in [1.54, 1.807) is 0 Å². The zero-order valence-electron chi connectivity index (χ0n) is 15.1. The van der Waals surface area contributed by atoms with Gasteiger partial charge < -0.3 is 20.2 Å². The summed E-state index contributed by atoms with van der Waals surface area (Å²) < 4.78 is 1.02. The van der Waals surface area contributed by atoms with Crippen molar-refractivity contribution in [2.24, 2.45) is 5.92 Å². The first-order valence-electron chi connectivity index (χ1n) is 9.15. The molecule has 138 valence electrons. The average Bonchev–Trinajstić information content (AvgIpc) is 2.99. The standard InChI is InChI=1S/C20H24BrN3O2/c1-3-12(10-26)22-16-5-4-13-14-6-11(9-25)8-24(2)17(14)7-15-18(13)19(16)23-20(15)21/h4-6,9,11-12,17,22-23,26H,3,7-8,10H2,1-2H3/t11-,12+,17-/m1/s1. The first kappa shape index (κ1) is 17.8. The highest BCUT2D eigenvalue weighted by Crippen LogP contribution is 2.45. The number of hydrogen-bond acceptors (Lipinski definition) is 4. The van der Waals surface area contributed by atoms with Crippen LogP contribution in [0, 0.1) is 5.92 Å². The summed E-state index contributed by atoms with van der Waals surface area (Å²) >= 11 is 3.71. The molecule has 0 amide bonds. The molecule has 2 heterocycles. The number of nitrogens with one attached hydrogen (secondary N) is 2. The number of aromatic amines is 1. The Morgan fingerprint density at radius 1 is 1.50 bits per heavy atom. The van der Waals surface area contributed by atoms with Gasteiger partial charge in [-0.25, -0.2) is 0 Å². The second-order valence-electron chi connectivity index (χ2n) is 7.34. The molecule has 6 heteroatoms. The summed E-state index contributed by atoms with van der Waals surface area (Å²) in [5.74, 6) is -0.0538. The minimum absolute atomic E-state index is 0.0322. The van der Waals surface area contributed by atoms with E-state index in [9.17, 15) is 9.90 Å². The molecular formula is C20H24BrN3O2. The summed E-state index contributed by atoms with van der Waals surface area (Å²) in [5, 5.41) is 14.2. The van der Waals surface area contributed by atoms with Gasteiger partial charge in [0.2, 0.25) is 0 Å². The minimum Gasteiger partial charge on any atom is -0.394 e. The van der Waals surface area contributed by atoms with Gasteiger partial charge in [0.15, 0.2) is 0 Å². The number of anilines is 1. The maximum atomic E-state index is 11.4. The smallest absolute Gasteiger partial charge is 0.128 e. The minimum atomic E-state index is -0.0538. The van der Waals surface area contributed by atoms with Crippen LogP contribution >= 0.6 is 15.9 Å². The highest BCUT2D eigenvalue weighted by molar-refractivity contribution is 9.10. The number of aliphatic hydroxyl groups is 1. The molecule has 1 aromatic heterocycles. The van der Waals surface area contributed by atoms with Crippen LogP contribution in [0.15, 0.2) is 22.8 Å². The van der Waals surface area contributed by atoms with E-state index >= 15 is 0 Å². The van der Waals surface area contributed by atoms with E-state index in [4.69, 9.17) is 0 Å². The highest BCUT2D eigenvalue weighted by Gasteiger charge is 2.35. The maximum Gasteiger partial charge on any atom is 0.128 e. The first-order chi connectivity index (χ1) is 12.6. The maximum absolute atomic E-state index is 11.4. The normalized spacial score (nSPS) is 23.5. The van der Waals surface area contributed by atoms with Crippen molar-refractivity contribution >= 4 is 44.4 Å². The Morgan fingerprint density at radius 3 is 3.00 bits per heavy atom. The Morgan fingerprint density at radius 2 is 2.31 bits per heavy atom. The van der Waals surface area contributed by atoms with Crippen LogP contribution in [0.25, 0.3) is 16.5 Å².